The first-order chi connectivity index (χ1) is 10.9. The molecule has 1 unspecified atom stereocenters. The van der Waals surface area contributed by atoms with Crippen molar-refractivity contribution in [1.82, 2.24) is 10.2 Å². The number of hydrogen-bond donors (Lipinski definition) is 2. The number of carbonyl (C=O) groups is 3. The van der Waals surface area contributed by atoms with E-state index in [0.717, 1.165) is 0 Å². The quantitative estimate of drug-likeness (QED) is 0.767. The minimum Gasteiger partial charge on any atom is -0.481 e. The number of nitrogens with one attached hydrogen (secondary N) is 1. The lowest BCUT2D eigenvalue weighted by Gasteiger charge is -2.18. The van der Waals surface area contributed by atoms with Crippen LogP contribution in [0.2, 0.25) is 0 Å². The van der Waals surface area contributed by atoms with Gasteiger partial charge in [-0.25, -0.2) is 0 Å². The van der Waals surface area contributed by atoms with Gasteiger partial charge in [-0.3, -0.25) is 14.4 Å². The lowest BCUT2D eigenvalue weighted by molar-refractivity contribution is -0.137. The summed E-state index contributed by atoms with van der Waals surface area (Å²) in [7, 11) is 0. The van der Waals surface area contributed by atoms with E-state index in [0.29, 0.717) is 30.8 Å². The fourth-order valence-electron chi connectivity index (χ4n) is 2.20. The van der Waals surface area contributed by atoms with E-state index in [1.807, 2.05) is 13.8 Å². The molecule has 0 aliphatic heterocycles. The number of aliphatic carboxylic acids is 1. The van der Waals surface area contributed by atoms with Crippen LogP contribution in [0, 0.1) is 5.92 Å². The van der Waals surface area contributed by atoms with Crippen LogP contribution >= 0.6 is 0 Å². The Kier molecular flexibility index (Phi) is 7.25. The molecule has 1 atom stereocenters. The van der Waals surface area contributed by atoms with Gasteiger partial charge < -0.3 is 15.3 Å². The van der Waals surface area contributed by atoms with Gasteiger partial charge in [-0.2, -0.15) is 0 Å². The molecule has 0 aliphatic carbocycles. The molecule has 0 heterocycles. The maximum absolute atomic E-state index is 12.2. The van der Waals surface area contributed by atoms with E-state index < -0.39 is 5.97 Å². The van der Waals surface area contributed by atoms with Crippen LogP contribution in [-0.4, -0.2) is 47.4 Å². The molecule has 2 amide bonds. The van der Waals surface area contributed by atoms with Crippen molar-refractivity contribution in [2.45, 2.75) is 27.2 Å². The smallest absolute Gasteiger partial charge is 0.303 e. The third-order valence-electron chi connectivity index (χ3n) is 3.58. The van der Waals surface area contributed by atoms with Crippen LogP contribution < -0.4 is 5.32 Å². The highest BCUT2D eigenvalue weighted by Gasteiger charge is 2.14. The van der Waals surface area contributed by atoms with Crippen molar-refractivity contribution in [3.63, 3.8) is 0 Å². The molecule has 1 aromatic rings. The summed E-state index contributed by atoms with van der Waals surface area (Å²) in [4.78, 5) is 36.5. The second-order valence-electron chi connectivity index (χ2n) is 5.47. The van der Waals surface area contributed by atoms with E-state index >= 15 is 0 Å². The molecule has 0 saturated heterocycles. The molecule has 126 valence electrons. The first-order valence-electron chi connectivity index (χ1n) is 7.78. The van der Waals surface area contributed by atoms with Gasteiger partial charge in [0.25, 0.3) is 11.8 Å². The van der Waals surface area contributed by atoms with E-state index in [9.17, 15) is 14.4 Å². The molecular weight excluding hydrogens is 296 g/mol. The summed E-state index contributed by atoms with van der Waals surface area (Å²) in [5.41, 5.74) is 0.994. The topological polar surface area (TPSA) is 86.7 Å². The third-order valence-corrected chi connectivity index (χ3v) is 3.58. The Morgan fingerprint density at radius 1 is 1.09 bits per heavy atom. The maximum atomic E-state index is 12.2. The monoisotopic (exact) mass is 320 g/mol. The predicted octanol–water partition coefficient (Wildman–Crippen LogP) is 2.01. The van der Waals surface area contributed by atoms with Gasteiger partial charge in [0.05, 0.1) is 0 Å². The fourth-order valence-corrected chi connectivity index (χ4v) is 2.20. The average molecular weight is 320 g/mol. The van der Waals surface area contributed by atoms with Gasteiger partial charge in [0.1, 0.15) is 0 Å². The summed E-state index contributed by atoms with van der Waals surface area (Å²) in [6.07, 6.45) is 0.0115. The summed E-state index contributed by atoms with van der Waals surface area (Å²) in [5.74, 6) is -1.35. The molecule has 6 heteroatoms. The Labute approximate surface area is 136 Å². The van der Waals surface area contributed by atoms with Gasteiger partial charge in [-0.1, -0.05) is 6.92 Å². The highest BCUT2D eigenvalue weighted by molar-refractivity contribution is 5.97. The highest BCUT2D eigenvalue weighted by Crippen LogP contribution is 2.08. The number of hydrogen-bond acceptors (Lipinski definition) is 3. The SMILES string of the molecule is CCN(CC)C(=O)c1ccc(C(=O)NCC(C)CC(=O)O)cc1. The van der Waals surface area contributed by atoms with Crippen molar-refractivity contribution in [2.75, 3.05) is 19.6 Å². The van der Waals surface area contributed by atoms with Crippen LogP contribution in [-0.2, 0) is 4.79 Å². The van der Waals surface area contributed by atoms with Gasteiger partial charge in [-0.05, 0) is 44.0 Å². The van der Waals surface area contributed by atoms with Crippen molar-refractivity contribution in [3.05, 3.63) is 35.4 Å². The minimum absolute atomic E-state index is 0.0115. The summed E-state index contributed by atoms with van der Waals surface area (Å²) in [6.45, 7) is 7.17. The number of carboxylic acid groups (broad SMARTS) is 1. The summed E-state index contributed by atoms with van der Waals surface area (Å²) < 4.78 is 0. The van der Waals surface area contributed by atoms with Crippen LogP contribution in [0.25, 0.3) is 0 Å². The predicted molar refractivity (Wildman–Crippen MR) is 87.4 cm³/mol. The van der Waals surface area contributed by atoms with Gasteiger partial charge in [0.2, 0.25) is 0 Å². The zero-order valence-electron chi connectivity index (χ0n) is 13.8. The number of amides is 2. The molecule has 0 aliphatic rings. The molecule has 2 N–H and O–H groups in total. The standard InChI is InChI=1S/C17H24N2O4/c1-4-19(5-2)17(23)14-8-6-13(7-9-14)16(22)18-11-12(3)10-15(20)21/h6-9,12H,4-5,10-11H2,1-3H3,(H,18,22)(H,20,21). The first kappa shape index (κ1) is 18.7. The average Bonchev–Trinajstić information content (AvgIpc) is 2.53. The fraction of sp³-hybridized carbons (Fsp3) is 0.471. The molecule has 0 spiro atoms. The van der Waals surface area contributed by atoms with Gasteiger partial charge in [0, 0.05) is 37.2 Å². The molecule has 23 heavy (non-hydrogen) atoms. The molecule has 0 saturated carbocycles. The lowest BCUT2D eigenvalue weighted by Crippen LogP contribution is -2.31. The number of rotatable bonds is 8. The Hall–Kier alpha value is -2.37. The number of benzene rings is 1. The van der Waals surface area contributed by atoms with Crippen LogP contribution in [0.15, 0.2) is 24.3 Å². The number of nitrogens with zero attached hydrogens (tertiary/aromatic N) is 1. The molecule has 1 rings (SSSR count). The molecule has 6 nitrogen and oxygen atoms in total. The summed E-state index contributed by atoms with van der Waals surface area (Å²) in [6, 6.07) is 6.48. The number of carbonyl (C=O) groups excluding carboxylic acids is 2. The molecule has 0 bridgehead atoms. The van der Waals surface area contributed by atoms with Crippen molar-refractivity contribution in [2.24, 2.45) is 5.92 Å². The minimum atomic E-state index is -0.883. The first-order valence-corrected chi connectivity index (χ1v) is 7.78. The zero-order valence-corrected chi connectivity index (χ0v) is 13.8. The summed E-state index contributed by atoms with van der Waals surface area (Å²) in [5, 5.41) is 11.4. The molecule has 0 fully saturated rings. The summed E-state index contributed by atoms with van der Waals surface area (Å²) >= 11 is 0. The van der Waals surface area contributed by atoms with Gasteiger partial charge in [0.15, 0.2) is 0 Å². The second kappa shape index (κ2) is 8.92. The van der Waals surface area contributed by atoms with E-state index in [1.54, 1.807) is 36.1 Å². The van der Waals surface area contributed by atoms with Gasteiger partial charge in [-0.15, -0.1) is 0 Å². The molecule has 0 radical (unpaired) electrons. The zero-order chi connectivity index (χ0) is 17.4. The maximum Gasteiger partial charge on any atom is 0.303 e. The molecule has 1 aromatic carbocycles. The van der Waals surface area contributed by atoms with E-state index in [-0.39, 0.29) is 24.2 Å². The Bertz CT molecular complexity index is 550. The van der Waals surface area contributed by atoms with Crippen molar-refractivity contribution >= 4 is 17.8 Å². The highest BCUT2D eigenvalue weighted by atomic mass is 16.4. The van der Waals surface area contributed by atoms with Gasteiger partial charge >= 0.3 is 5.97 Å². The Morgan fingerprint density at radius 2 is 1.61 bits per heavy atom. The second-order valence-corrected chi connectivity index (χ2v) is 5.47. The number of carboxylic acids is 1. The van der Waals surface area contributed by atoms with Crippen molar-refractivity contribution in [3.8, 4) is 0 Å². The van der Waals surface area contributed by atoms with Crippen LogP contribution in [0.1, 0.15) is 47.9 Å². The molecular formula is C17H24N2O4. The van der Waals surface area contributed by atoms with Crippen LogP contribution in [0.3, 0.4) is 0 Å². The van der Waals surface area contributed by atoms with Crippen molar-refractivity contribution < 1.29 is 19.5 Å². The Balaban J connectivity index is 2.64. The molecule has 0 aromatic heterocycles. The van der Waals surface area contributed by atoms with Crippen LogP contribution in [0.5, 0.6) is 0 Å². The third kappa shape index (κ3) is 5.73. The Morgan fingerprint density at radius 3 is 2.09 bits per heavy atom. The van der Waals surface area contributed by atoms with Crippen LogP contribution in [0.4, 0.5) is 0 Å². The van der Waals surface area contributed by atoms with E-state index in [4.69, 9.17) is 5.11 Å². The van der Waals surface area contributed by atoms with E-state index in [1.165, 1.54) is 0 Å². The normalized spacial score (nSPS) is 11.6. The van der Waals surface area contributed by atoms with Crippen molar-refractivity contribution in [1.29, 1.82) is 0 Å². The lowest BCUT2D eigenvalue weighted by atomic mass is 10.1. The van der Waals surface area contributed by atoms with E-state index in [2.05, 4.69) is 5.32 Å². The largest absolute Gasteiger partial charge is 0.481 e.